The van der Waals surface area contributed by atoms with Gasteiger partial charge in [-0.2, -0.15) is 13.4 Å². The molecule has 0 radical (unpaired) electrons. The van der Waals surface area contributed by atoms with Crippen LogP contribution in [-0.4, -0.2) is 24.2 Å². The zero-order chi connectivity index (χ0) is 21.3. The van der Waals surface area contributed by atoms with E-state index in [0.29, 0.717) is 5.69 Å². The minimum absolute atomic E-state index is 0.0227. The van der Waals surface area contributed by atoms with Crippen molar-refractivity contribution >= 4 is 45.1 Å². The van der Waals surface area contributed by atoms with Gasteiger partial charge in [-0.15, -0.1) is 0 Å². The summed E-state index contributed by atoms with van der Waals surface area (Å²) in [5, 5.41) is 0.677. The van der Waals surface area contributed by atoms with E-state index in [0.717, 1.165) is 17.3 Å². The van der Waals surface area contributed by atoms with Gasteiger partial charge in [0.1, 0.15) is 4.90 Å². The molecule has 0 aliphatic rings. The molecule has 10 heteroatoms. The number of nitrogens with zero attached hydrogens (tertiary/aromatic N) is 2. The number of aryl methyl sites for hydroxylation is 1. The smallest absolute Gasteiger partial charge is 0.340 e. The van der Waals surface area contributed by atoms with Crippen molar-refractivity contribution < 1.29 is 12.6 Å². The number of hydrogen-bond donors (Lipinski definition) is 0. The zero-order valence-corrected chi connectivity index (χ0v) is 18.8. The number of aromatic nitrogens is 2. The molecule has 0 atom stereocenters. The van der Waals surface area contributed by atoms with Gasteiger partial charge in [0, 0.05) is 0 Å². The molecule has 152 valence electrons. The van der Waals surface area contributed by atoms with E-state index in [9.17, 15) is 13.2 Å². The Labute approximate surface area is 182 Å². The Balaban J connectivity index is 2.14. The van der Waals surface area contributed by atoms with Crippen molar-refractivity contribution in [2.24, 2.45) is 0 Å². The molecule has 0 bridgehead atoms. The van der Waals surface area contributed by atoms with Crippen molar-refractivity contribution in [2.75, 3.05) is 6.26 Å². The first-order valence-electron chi connectivity index (χ1n) is 8.29. The first kappa shape index (κ1) is 21.7. The molecule has 3 rings (SSSR count). The van der Waals surface area contributed by atoms with Gasteiger partial charge in [-0.3, -0.25) is 9.36 Å². The van der Waals surface area contributed by atoms with Crippen LogP contribution in [-0.2, 0) is 10.1 Å². The predicted molar refractivity (Wildman–Crippen MR) is 115 cm³/mol. The first-order valence-corrected chi connectivity index (χ1v) is 11.7. The fourth-order valence-corrected chi connectivity index (χ4v) is 4.37. The highest BCUT2D eigenvalue weighted by Gasteiger charge is 2.23. The lowest BCUT2D eigenvalue weighted by Gasteiger charge is -2.16. The van der Waals surface area contributed by atoms with E-state index < -0.39 is 15.7 Å². The average Bonchev–Trinajstić information content (AvgIpc) is 2.68. The Morgan fingerprint density at radius 2 is 1.72 bits per heavy atom. The molecule has 29 heavy (non-hydrogen) atoms. The molecule has 0 spiro atoms. The highest BCUT2D eigenvalue weighted by molar-refractivity contribution is 7.98. The SMILES string of the molecule is CSc1nc(OS(=O)(=O)c2ccc(C)cc2)c(C)c(=O)n1-c1cccc(Cl)c1Cl. The van der Waals surface area contributed by atoms with Gasteiger partial charge in [-0.05, 0) is 44.4 Å². The molecule has 0 aliphatic heterocycles. The van der Waals surface area contributed by atoms with Crippen molar-refractivity contribution in [3.8, 4) is 11.6 Å². The normalized spacial score (nSPS) is 11.5. The Bertz CT molecular complexity index is 1240. The number of thioether (sulfide) groups is 1. The summed E-state index contributed by atoms with van der Waals surface area (Å²) >= 11 is 13.5. The van der Waals surface area contributed by atoms with Crippen LogP contribution in [0.5, 0.6) is 5.88 Å². The second-order valence-corrected chi connectivity index (χ2v) is 9.20. The van der Waals surface area contributed by atoms with Crippen LogP contribution in [0, 0.1) is 13.8 Å². The van der Waals surface area contributed by atoms with Crippen LogP contribution in [0.1, 0.15) is 11.1 Å². The molecule has 1 heterocycles. The van der Waals surface area contributed by atoms with Gasteiger partial charge in [0.25, 0.3) is 5.56 Å². The van der Waals surface area contributed by atoms with E-state index in [1.807, 2.05) is 6.92 Å². The third kappa shape index (κ3) is 4.30. The molecule has 3 aromatic rings. The van der Waals surface area contributed by atoms with Gasteiger partial charge in [0.15, 0.2) is 5.16 Å². The summed E-state index contributed by atoms with van der Waals surface area (Å²) in [4.78, 5) is 17.3. The maximum atomic E-state index is 13.0. The van der Waals surface area contributed by atoms with Crippen LogP contribution >= 0.6 is 35.0 Å². The van der Waals surface area contributed by atoms with Crippen molar-refractivity contribution in [2.45, 2.75) is 23.9 Å². The highest BCUT2D eigenvalue weighted by atomic mass is 35.5. The molecule has 0 N–H and O–H groups in total. The van der Waals surface area contributed by atoms with Crippen LogP contribution in [0.4, 0.5) is 0 Å². The van der Waals surface area contributed by atoms with Gasteiger partial charge >= 0.3 is 10.1 Å². The molecule has 2 aromatic carbocycles. The molecular weight excluding hydrogens is 455 g/mol. The summed E-state index contributed by atoms with van der Waals surface area (Å²) in [5.74, 6) is -0.283. The minimum Gasteiger partial charge on any atom is -0.358 e. The van der Waals surface area contributed by atoms with Crippen molar-refractivity contribution in [1.82, 2.24) is 9.55 Å². The Kier molecular flexibility index (Phi) is 6.28. The summed E-state index contributed by atoms with van der Waals surface area (Å²) in [6.07, 6.45) is 1.70. The summed E-state index contributed by atoms with van der Waals surface area (Å²) < 4.78 is 31.7. The van der Waals surface area contributed by atoms with Crippen LogP contribution in [0.25, 0.3) is 5.69 Å². The molecule has 0 saturated heterocycles. The number of rotatable bonds is 5. The monoisotopic (exact) mass is 470 g/mol. The Morgan fingerprint density at radius 3 is 2.34 bits per heavy atom. The highest BCUT2D eigenvalue weighted by Crippen LogP contribution is 2.31. The fraction of sp³-hybridized carbons (Fsp3) is 0.158. The maximum absolute atomic E-state index is 13.0. The van der Waals surface area contributed by atoms with Crippen molar-refractivity contribution in [1.29, 1.82) is 0 Å². The summed E-state index contributed by atoms with van der Waals surface area (Å²) in [5.41, 5.74) is 0.762. The van der Waals surface area contributed by atoms with E-state index in [2.05, 4.69) is 4.98 Å². The standard InChI is InChI=1S/C19H16Cl2N2O4S2/c1-11-7-9-13(10-8-11)29(25,26)27-17-12(2)18(24)23(19(22-17)28-3)15-6-4-5-14(20)16(15)21/h4-10H,1-3H3. The number of halogens is 2. The lowest BCUT2D eigenvalue weighted by Crippen LogP contribution is -2.26. The molecule has 0 saturated carbocycles. The zero-order valence-electron chi connectivity index (χ0n) is 15.6. The predicted octanol–water partition coefficient (Wildman–Crippen LogP) is 4.65. The largest absolute Gasteiger partial charge is 0.358 e. The van der Waals surface area contributed by atoms with Gasteiger partial charge in [0.05, 0.1) is 21.3 Å². The summed E-state index contributed by atoms with van der Waals surface area (Å²) in [6, 6.07) is 11.1. The van der Waals surface area contributed by atoms with E-state index in [4.69, 9.17) is 27.4 Å². The fourth-order valence-electron chi connectivity index (χ4n) is 2.52. The molecule has 6 nitrogen and oxygen atoms in total. The maximum Gasteiger partial charge on any atom is 0.340 e. The number of hydrogen-bond acceptors (Lipinski definition) is 6. The van der Waals surface area contributed by atoms with Crippen LogP contribution in [0.3, 0.4) is 0 Å². The van der Waals surface area contributed by atoms with E-state index in [1.54, 1.807) is 36.6 Å². The second-order valence-electron chi connectivity index (χ2n) is 6.09. The lowest BCUT2D eigenvalue weighted by molar-refractivity contribution is 0.466. The van der Waals surface area contributed by atoms with E-state index in [-0.39, 0.29) is 31.5 Å². The molecule has 0 aliphatic carbocycles. The summed E-state index contributed by atoms with van der Waals surface area (Å²) in [7, 11) is -4.15. The minimum atomic E-state index is -4.15. The third-order valence-corrected chi connectivity index (χ3v) is 6.76. The number of benzene rings is 2. The summed E-state index contributed by atoms with van der Waals surface area (Å²) in [6.45, 7) is 3.28. The van der Waals surface area contributed by atoms with Crippen LogP contribution in [0.15, 0.2) is 57.3 Å². The molecular formula is C19H16Cl2N2O4S2. The van der Waals surface area contributed by atoms with Gasteiger partial charge < -0.3 is 4.18 Å². The molecule has 1 aromatic heterocycles. The van der Waals surface area contributed by atoms with Gasteiger partial charge in [-0.25, -0.2) is 0 Å². The second kappa shape index (κ2) is 8.39. The van der Waals surface area contributed by atoms with E-state index >= 15 is 0 Å². The average molecular weight is 471 g/mol. The van der Waals surface area contributed by atoms with Gasteiger partial charge in [-0.1, -0.05) is 58.7 Å². The van der Waals surface area contributed by atoms with Crippen LogP contribution < -0.4 is 9.74 Å². The van der Waals surface area contributed by atoms with Crippen molar-refractivity contribution in [3.05, 3.63) is 74.0 Å². The van der Waals surface area contributed by atoms with Crippen molar-refractivity contribution in [3.63, 3.8) is 0 Å². The topological polar surface area (TPSA) is 78.3 Å². The van der Waals surface area contributed by atoms with E-state index in [1.165, 1.54) is 23.6 Å². The molecule has 0 amide bonds. The molecule has 0 unspecified atom stereocenters. The Hall–Kier alpha value is -2.00. The van der Waals surface area contributed by atoms with Gasteiger partial charge in [0.2, 0.25) is 5.88 Å². The lowest BCUT2D eigenvalue weighted by atomic mass is 10.2. The quantitative estimate of drug-likeness (QED) is 0.306. The first-order chi connectivity index (χ1) is 13.7. The Morgan fingerprint density at radius 1 is 1.07 bits per heavy atom. The third-order valence-electron chi connectivity index (χ3n) is 4.09. The molecule has 0 fully saturated rings. The van der Waals surface area contributed by atoms with Crippen LogP contribution in [0.2, 0.25) is 10.0 Å².